The van der Waals surface area contributed by atoms with Gasteiger partial charge in [-0.2, -0.15) is 0 Å². The summed E-state index contributed by atoms with van der Waals surface area (Å²) in [5.74, 6) is 0. The number of hydrogen-bond donors (Lipinski definition) is 0. The molecule has 0 radical (unpaired) electrons. The van der Waals surface area contributed by atoms with Crippen LogP contribution in [0.3, 0.4) is 0 Å². The van der Waals surface area contributed by atoms with Gasteiger partial charge in [-0.05, 0) is 84.0 Å². The summed E-state index contributed by atoms with van der Waals surface area (Å²) >= 11 is 0. The molecule has 0 aromatic carbocycles. The lowest BCUT2D eigenvalue weighted by atomic mass is 10.4. The van der Waals surface area contributed by atoms with Crippen molar-refractivity contribution in [3.8, 4) is 0 Å². The van der Waals surface area contributed by atoms with Crippen molar-refractivity contribution >= 4 is 16.9 Å². The lowest BCUT2D eigenvalue weighted by molar-refractivity contribution is 0.171. The Kier molecular flexibility index (Phi) is 14.5. The minimum absolute atomic E-state index is 0.833. The van der Waals surface area contributed by atoms with Crippen LogP contribution in [0.25, 0.3) is 0 Å². The van der Waals surface area contributed by atoms with Crippen LogP contribution in [0.5, 0.6) is 0 Å². The van der Waals surface area contributed by atoms with Gasteiger partial charge in [0.2, 0.25) is 0 Å². The predicted octanol–water partition coefficient (Wildman–Crippen LogP) is 5.26. The van der Waals surface area contributed by atoms with Crippen LogP contribution >= 0.6 is 0 Å². The summed E-state index contributed by atoms with van der Waals surface area (Å²) in [7, 11) is -1.18. The molecule has 0 heterocycles. The molecule has 0 amide bonds. The van der Waals surface area contributed by atoms with Gasteiger partial charge in [-0.25, -0.2) is 0 Å². The highest BCUT2D eigenvalue weighted by Gasteiger charge is 2.30. The molecule has 0 aliphatic heterocycles. The van der Waals surface area contributed by atoms with Crippen LogP contribution in [0, 0.1) is 0 Å². The van der Waals surface area contributed by atoms with Crippen molar-refractivity contribution in [2.75, 3.05) is 40.0 Å². The fraction of sp³-hybridized carbons (Fsp3) is 1.00. The predicted molar refractivity (Wildman–Crippen MR) is 114 cm³/mol. The number of nitrogens with zero attached hydrogens (tertiary/aromatic N) is 1. The van der Waals surface area contributed by atoms with Crippen molar-refractivity contribution in [2.24, 2.45) is 0 Å². The molecular formula is C19H45NO3Si2. The van der Waals surface area contributed by atoms with Gasteiger partial charge in [0.1, 0.15) is 0 Å². The molecule has 0 N–H and O–H groups in total. The third-order valence-electron chi connectivity index (χ3n) is 4.41. The van der Waals surface area contributed by atoms with E-state index in [1.165, 1.54) is 18.9 Å². The summed E-state index contributed by atoms with van der Waals surface area (Å²) in [6.45, 7) is 18.3. The molecule has 0 aliphatic rings. The zero-order chi connectivity index (χ0) is 19.2. The maximum absolute atomic E-state index is 6.11. The third kappa shape index (κ3) is 14.1. The van der Waals surface area contributed by atoms with Crippen molar-refractivity contribution in [3.63, 3.8) is 0 Å². The van der Waals surface area contributed by atoms with Gasteiger partial charge in [0.05, 0.1) is 0 Å². The molecule has 0 unspecified atom stereocenters. The second-order valence-corrected chi connectivity index (χ2v) is 15.6. The van der Waals surface area contributed by atoms with Gasteiger partial charge in [-0.3, -0.25) is 0 Å². The van der Waals surface area contributed by atoms with Gasteiger partial charge in [0, 0.05) is 19.8 Å². The van der Waals surface area contributed by atoms with Crippen LogP contribution in [0.4, 0.5) is 0 Å². The first-order valence-corrected chi connectivity index (χ1v) is 16.0. The fourth-order valence-corrected chi connectivity index (χ4v) is 7.18. The van der Waals surface area contributed by atoms with Crippen molar-refractivity contribution in [1.82, 2.24) is 4.90 Å². The van der Waals surface area contributed by atoms with Crippen LogP contribution in [-0.4, -0.2) is 61.7 Å². The third-order valence-corrected chi connectivity index (χ3v) is 9.84. The Morgan fingerprint density at radius 2 is 1.12 bits per heavy atom. The Bertz CT molecular complexity index is 309. The molecule has 25 heavy (non-hydrogen) atoms. The summed E-state index contributed by atoms with van der Waals surface area (Å²) in [6.07, 6.45) is 5.67. The van der Waals surface area contributed by atoms with Gasteiger partial charge in [-0.1, -0.05) is 20.8 Å². The maximum Gasteiger partial charge on any atom is 0.334 e. The summed E-state index contributed by atoms with van der Waals surface area (Å²) in [6, 6.07) is 2.35. The van der Waals surface area contributed by atoms with Crippen LogP contribution < -0.4 is 0 Å². The average Bonchev–Trinajstić information content (AvgIpc) is 2.56. The van der Waals surface area contributed by atoms with Crippen LogP contribution in [0.15, 0.2) is 0 Å². The molecule has 0 bridgehead atoms. The minimum atomic E-state index is -1.97. The van der Waals surface area contributed by atoms with Crippen molar-refractivity contribution in [2.45, 2.75) is 84.6 Å². The molecule has 0 atom stereocenters. The number of hydrogen-bond acceptors (Lipinski definition) is 4. The quantitative estimate of drug-likeness (QED) is 0.317. The van der Waals surface area contributed by atoms with E-state index in [0.29, 0.717) is 0 Å². The van der Waals surface area contributed by atoms with Crippen LogP contribution in [0.1, 0.15) is 52.9 Å². The smallest absolute Gasteiger partial charge is 0.334 e. The molecule has 0 saturated carbocycles. The van der Waals surface area contributed by atoms with E-state index in [-0.39, 0.29) is 0 Å². The minimum Gasteiger partial charge on any atom is -0.417 e. The van der Waals surface area contributed by atoms with E-state index in [2.05, 4.69) is 52.4 Å². The summed E-state index contributed by atoms with van der Waals surface area (Å²) in [4.78, 5) is 2.46. The highest BCUT2D eigenvalue weighted by Crippen LogP contribution is 2.18. The Morgan fingerprint density at radius 3 is 1.60 bits per heavy atom. The van der Waals surface area contributed by atoms with Gasteiger partial charge in [0.15, 0.2) is 8.32 Å². The van der Waals surface area contributed by atoms with E-state index < -0.39 is 16.9 Å². The lowest BCUT2D eigenvalue weighted by Crippen LogP contribution is -2.40. The topological polar surface area (TPSA) is 30.9 Å². The molecule has 0 aliphatic carbocycles. The van der Waals surface area contributed by atoms with Gasteiger partial charge in [0.25, 0.3) is 0 Å². The molecule has 152 valence electrons. The van der Waals surface area contributed by atoms with E-state index in [4.69, 9.17) is 13.3 Å². The maximum atomic E-state index is 6.11. The molecule has 0 aromatic rings. The first-order chi connectivity index (χ1) is 11.8. The van der Waals surface area contributed by atoms with Crippen molar-refractivity contribution < 1.29 is 13.3 Å². The highest BCUT2D eigenvalue weighted by molar-refractivity contribution is 6.71. The highest BCUT2D eigenvalue weighted by atomic mass is 28.4. The zero-order valence-corrected chi connectivity index (χ0v) is 20.2. The van der Waals surface area contributed by atoms with Gasteiger partial charge in [-0.15, -0.1) is 0 Å². The largest absolute Gasteiger partial charge is 0.417 e. The van der Waals surface area contributed by atoms with E-state index in [1.807, 2.05) is 0 Å². The van der Waals surface area contributed by atoms with Gasteiger partial charge >= 0.3 is 8.56 Å². The average molecular weight is 392 g/mol. The Hall–Kier alpha value is 0.274. The molecule has 0 saturated heterocycles. The van der Waals surface area contributed by atoms with E-state index in [0.717, 1.165) is 58.2 Å². The molecular weight excluding hydrogens is 346 g/mol. The molecule has 0 aromatic heterocycles. The molecule has 6 heteroatoms. The molecule has 0 spiro atoms. The summed E-state index contributed by atoms with van der Waals surface area (Å²) < 4.78 is 18.3. The summed E-state index contributed by atoms with van der Waals surface area (Å²) in [5.41, 5.74) is 0. The SMILES string of the molecule is CCCO[Si](C)(C)CCCN(C)CCC[Si](C)(OCCC)OCCC. The standard InChI is InChI=1S/C19H45NO3Si2/c1-8-15-21-24(5,6)18-11-13-20(4)14-12-19-25(7,22-16-9-2)23-17-10-3/h8-19H2,1-7H3. The Balaban J connectivity index is 4.03. The Morgan fingerprint density at radius 1 is 0.680 bits per heavy atom. The lowest BCUT2D eigenvalue weighted by Gasteiger charge is -2.28. The van der Waals surface area contributed by atoms with E-state index in [9.17, 15) is 0 Å². The zero-order valence-electron chi connectivity index (χ0n) is 18.2. The second kappa shape index (κ2) is 14.3. The van der Waals surface area contributed by atoms with Gasteiger partial charge < -0.3 is 18.2 Å². The van der Waals surface area contributed by atoms with Crippen molar-refractivity contribution in [1.29, 1.82) is 0 Å². The van der Waals surface area contributed by atoms with Crippen molar-refractivity contribution in [3.05, 3.63) is 0 Å². The second-order valence-electron chi connectivity index (χ2n) is 7.95. The molecule has 0 fully saturated rings. The molecule has 0 rings (SSSR count). The Labute approximate surface area is 160 Å². The van der Waals surface area contributed by atoms with E-state index in [1.54, 1.807) is 0 Å². The van der Waals surface area contributed by atoms with Crippen LogP contribution in [-0.2, 0) is 13.3 Å². The first-order valence-electron chi connectivity index (χ1n) is 10.4. The van der Waals surface area contributed by atoms with Crippen LogP contribution in [0.2, 0.25) is 31.7 Å². The van der Waals surface area contributed by atoms with E-state index >= 15 is 0 Å². The fourth-order valence-electron chi connectivity index (χ4n) is 2.83. The number of rotatable bonds is 17. The normalized spacial score (nSPS) is 13.0. The monoisotopic (exact) mass is 391 g/mol. The molecule has 4 nitrogen and oxygen atoms in total. The first kappa shape index (κ1) is 25.3. The summed E-state index contributed by atoms with van der Waals surface area (Å²) in [5, 5.41) is 0.